The number of hydrogen-bond donors (Lipinski definition) is 2. The number of aromatic nitrogens is 3. The van der Waals surface area contributed by atoms with Crippen LogP contribution in [-0.2, 0) is 0 Å². The van der Waals surface area contributed by atoms with Gasteiger partial charge in [-0.3, -0.25) is 4.79 Å². The Morgan fingerprint density at radius 1 is 1.12 bits per heavy atom. The van der Waals surface area contributed by atoms with Crippen molar-refractivity contribution in [2.45, 2.75) is 12.6 Å². The highest BCUT2D eigenvalue weighted by molar-refractivity contribution is 6.08. The summed E-state index contributed by atoms with van der Waals surface area (Å²) in [6.45, 7) is 8.09. The molecule has 2 aliphatic heterocycles. The number of aliphatic hydroxyl groups is 1. The lowest BCUT2D eigenvalue weighted by Crippen LogP contribution is -2.46. The monoisotopic (exact) mass is 465 g/mol. The third-order valence-electron chi connectivity index (χ3n) is 6.45. The fourth-order valence-electron chi connectivity index (χ4n) is 4.46. The van der Waals surface area contributed by atoms with Crippen LogP contribution in [0.5, 0.6) is 0 Å². The van der Waals surface area contributed by atoms with E-state index in [0.717, 1.165) is 37.6 Å². The minimum atomic E-state index is -0.849. The first-order valence-corrected chi connectivity index (χ1v) is 11.4. The van der Waals surface area contributed by atoms with Crippen molar-refractivity contribution in [2.75, 3.05) is 61.0 Å². The summed E-state index contributed by atoms with van der Waals surface area (Å²) >= 11 is 0. The Hall–Kier alpha value is -3.66. The van der Waals surface area contributed by atoms with E-state index < -0.39 is 6.17 Å². The molecule has 0 spiro atoms. The molecule has 0 bridgehead atoms. The molecule has 2 fully saturated rings. The summed E-state index contributed by atoms with van der Waals surface area (Å²) in [6.07, 6.45) is 2.88. The lowest BCUT2D eigenvalue weighted by atomic mass is 10.2. The zero-order valence-corrected chi connectivity index (χ0v) is 18.9. The number of nitrogens with zero attached hydrogens (tertiary/aromatic N) is 6. The highest BCUT2D eigenvalue weighted by atomic mass is 19.1. The van der Waals surface area contributed by atoms with Crippen LogP contribution in [0, 0.1) is 0 Å². The molecule has 2 N–H and O–H groups in total. The first kappa shape index (κ1) is 22.1. The van der Waals surface area contributed by atoms with Gasteiger partial charge >= 0.3 is 0 Å². The van der Waals surface area contributed by atoms with Gasteiger partial charge in [-0.25, -0.2) is 13.9 Å². The summed E-state index contributed by atoms with van der Waals surface area (Å²) in [5.41, 5.74) is 3.31. The third kappa shape index (κ3) is 4.41. The number of alkyl halides is 1. The lowest BCUT2D eigenvalue weighted by Gasteiger charge is -2.37. The van der Waals surface area contributed by atoms with Gasteiger partial charge in [0.1, 0.15) is 17.6 Å². The average molecular weight is 466 g/mol. The summed E-state index contributed by atoms with van der Waals surface area (Å²) in [5.74, 6) is 0.350. The number of halogens is 1. The molecule has 2 aromatic heterocycles. The summed E-state index contributed by atoms with van der Waals surface area (Å²) < 4.78 is 15.2. The number of piperazine rings is 1. The summed E-state index contributed by atoms with van der Waals surface area (Å²) in [7, 11) is 0. The van der Waals surface area contributed by atoms with E-state index in [2.05, 4.69) is 31.8 Å². The molecule has 9 nitrogen and oxygen atoms in total. The van der Waals surface area contributed by atoms with Crippen LogP contribution in [0.2, 0.25) is 0 Å². The van der Waals surface area contributed by atoms with Crippen molar-refractivity contribution in [1.82, 2.24) is 19.5 Å². The minimum absolute atomic E-state index is 0.0196. The van der Waals surface area contributed by atoms with Crippen LogP contribution in [0.4, 0.5) is 21.6 Å². The quantitative estimate of drug-likeness (QED) is 0.577. The maximum atomic E-state index is 13.6. The summed E-state index contributed by atoms with van der Waals surface area (Å²) in [5, 5.41) is 16.4. The lowest BCUT2D eigenvalue weighted by molar-refractivity contribution is 0.102. The number of fused-ring (bicyclic) bond motifs is 1. The molecular weight excluding hydrogens is 437 g/mol. The molecule has 2 saturated heterocycles. The van der Waals surface area contributed by atoms with E-state index in [4.69, 9.17) is 0 Å². The van der Waals surface area contributed by atoms with Gasteiger partial charge in [-0.2, -0.15) is 5.10 Å². The second-order valence-electron chi connectivity index (χ2n) is 8.64. The highest BCUT2D eigenvalue weighted by Crippen LogP contribution is 2.23. The predicted molar refractivity (Wildman–Crippen MR) is 129 cm³/mol. The van der Waals surface area contributed by atoms with Crippen molar-refractivity contribution in [3.05, 3.63) is 60.6 Å². The molecule has 1 unspecified atom stereocenters. The van der Waals surface area contributed by atoms with Gasteiger partial charge in [-0.05, 0) is 36.8 Å². The number of hydrogen-bond acceptors (Lipinski definition) is 7. The van der Waals surface area contributed by atoms with Crippen LogP contribution < -0.4 is 15.1 Å². The van der Waals surface area contributed by atoms with E-state index in [1.807, 2.05) is 29.2 Å². The zero-order valence-electron chi connectivity index (χ0n) is 18.9. The van der Waals surface area contributed by atoms with Crippen LogP contribution in [0.25, 0.3) is 5.65 Å². The maximum absolute atomic E-state index is 13.6. The SMILES string of the molecule is C=C(CO)N1CCN(c2ccc(NC(=O)c3cnn4ccc(N5CCC(F)C5)nc34)cc2)CC1. The van der Waals surface area contributed by atoms with E-state index in [-0.39, 0.29) is 12.5 Å². The van der Waals surface area contributed by atoms with E-state index >= 15 is 0 Å². The molecule has 1 atom stereocenters. The van der Waals surface area contributed by atoms with E-state index in [9.17, 15) is 14.3 Å². The normalized spacial score (nSPS) is 18.5. The van der Waals surface area contributed by atoms with Gasteiger partial charge in [0, 0.05) is 56.0 Å². The van der Waals surface area contributed by atoms with Crippen molar-refractivity contribution >= 4 is 28.7 Å². The molecule has 10 heteroatoms. The van der Waals surface area contributed by atoms with Crippen LogP contribution in [-0.4, -0.2) is 82.6 Å². The molecule has 0 aliphatic carbocycles. The summed E-state index contributed by atoms with van der Waals surface area (Å²) in [6, 6.07) is 9.52. The standard InChI is InChI=1S/C24H28FN7O2/c1-17(16-33)29-10-12-30(13-11-29)20-4-2-19(3-5-20)27-24(34)21-14-26-32-9-7-22(28-23(21)32)31-8-6-18(25)15-31/h2-5,7,9,14,18,33H,1,6,8,10-13,15-16H2,(H,27,34). The van der Waals surface area contributed by atoms with Crippen molar-refractivity contribution in [3.8, 4) is 0 Å². The van der Waals surface area contributed by atoms with Crippen LogP contribution in [0.1, 0.15) is 16.8 Å². The van der Waals surface area contributed by atoms with Gasteiger partial charge in [0.2, 0.25) is 0 Å². The third-order valence-corrected chi connectivity index (χ3v) is 6.45. The average Bonchev–Trinajstić information content (AvgIpc) is 3.50. The number of aliphatic hydroxyl groups excluding tert-OH is 1. The summed E-state index contributed by atoms with van der Waals surface area (Å²) in [4.78, 5) is 23.8. The maximum Gasteiger partial charge on any atom is 0.261 e. The first-order chi connectivity index (χ1) is 16.5. The Bertz CT molecular complexity index is 1190. The van der Waals surface area contributed by atoms with Gasteiger partial charge in [-0.15, -0.1) is 0 Å². The Morgan fingerprint density at radius 2 is 1.88 bits per heavy atom. The Kier molecular flexibility index (Phi) is 6.06. The van der Waals surface area contributed by atoms with Gasteiger partial charge in [0.25, 0.3) is 5.91 Å². The largest absolute Gasteiger partial charge is 0.390 e. The molecule has 0 saturated carbocycles. The van der Waals surface area contributed by atoms with Crippen molar-refractivity contribution in [1.29, 1.82) is 0 Å². The fraction of sp³-hybridized carbons (Fsp3) is 0.375. The minimum Gasteiger partial charge on any atom is -0.390 e. The smallest absolute Gasteiger partial charge is 0.261 e. The topological polar surface area (TPSA) is 89.2 Å². The molecule has 0 radical (unpaired) electrons. The zero-order chi connectivity index (χ0) is 23.7. The first-order valence-electron chi connectivity index (χ1n) is 11.4. The predicted octanol–water partition coefficient (Wildman–Crippen LogP) is 2.16. The highest BCUT2D eigenvalue weighted by Gasteiger charge is 2.24. The van der Waals surface area contributed by atoms with Crippen LogP contribution in [0.15, 0.2) is 55.0 Å². The number of benzene rings is 1. The van der Waals surface area contributed by atoms with E-state index in [1.54, 1.807) is 16.8 Å². The Morgan fingerprint density at radius 3 is 2.56 bits per heavy atom. The van der Waals surface area contributed by atoms with Crippen LogP contribution in [0.3, 0.4) is 0 Å². The Labute approximate surface area is 197 Å². The molecular formula is C24H28FN7O2. The van der Waals surface area contributed by atoms with E-state index in [0.29, 0.717) is 42.2 Å². The molecule has 3 aromatic rings. The molecule has 34 heavy (non-hydrogen) atoms. The number of anilines is 3. The number of amides is 1. The van der Waals surface area contributed by atoms with Gasteiger partial charge in [0.15, 0.2) is 5.65 Å². The number of rotatable bonds is 6. The number of nitrogens with one attached hydrogen (secondary N) is 1. The van der Waals surface area contributed by atoms with Gasteiger partial charge in [-0.1, -0.05) is 6.58 Å². The van der Waals surface area contributed by atoms with Crippen molar-refractivity contribution < 1.29 is 14.3 Å². The van der Waals surface area contributed by atoms with Crippen LogP contribution >= 0.6 is 0 Å². The van der Waals surface area contributed by atoms with Crippen molar-refractivity contribution in [3.63, 3.8) is 0 Å². The van der Waals surface area contributed by atoms with E-state index in [1.165, 1.54) is 6.20 Å². The number of carbonyl (C=O) groups excluding carboxylic acids is 1. The van der Waals surface area contributed by atoms with Gasteiger partial charge < -0.3 is 25.1 Å². The number of carbonyl (C=O) groups is 1. The molecule has 1 aromatic carbocycles. The fourth-order valence-corrected chi connectivity index (χ4v) is 4.46. The second-order valence-corrected chi connectivity index (χ2v) is 8.64. The molecule has 5 rings (SSSR count). The second kappa shape index (κ2) is 9.30. The molecule has 2 aliphatic rings. The molecule has 1 amide bonds. The van der Waals surface area contributed by atoms with Crippen molar-refractivity contribution in [2.24, 2.45) is 0 Å². The molecule has 4 heterocycles. The Balaban J connectivity index is 1.25. The van der Waals surface area contributed by atoms with Gasteiger partial charge in [0.05, 0.1) is 19.3 Å². The molecule has 178 valence electrons.